The van der Waals surface area contributed by atoms with E-state index in [-0.39, 0.29) is 12.2 Å². The van der Waals surface area contributed by atoms with Gasteiger partial charge in [0.25, 0.3) is 0 Å². The van der Waals surface area contributed by atoms with Crippen LogP contribution in [0.5, 0.6) is 0 Å². The van der Waals surface area contributed by atoms with Crippen molar-refractivity contribution in [1.82, 2.24) is 0 Å². The fourth-order valence-corrected chi connectivity index (χ4v) is 7.65. The molecule has 0 saturated carbocycles. The summed E-state index contributed by atoms with van der Waals surface area (Å²) in [7, 11) is -2.28. The van der Waals surface area contributed by atoms with Crippen molar-refractivity contribution in [2.45, 2.75) is 95.9 Å². The van der Waals surface area contributed by atoms with Crippen molar-refractivity contribution in [2.24, 2.45) is 23.2 Å². The minimum absolute atomic E-state index is 0.226. The van der Waals surface area contributed by atoms with Gasteiger partial charge in [-0.05, 0) is 25.1 Å². The molecule has 0 aliphatic heterocycles. The van der Waals surface area contributed by atoms with Crippen LogP contribution < -0.4 is 0 Å². The Morgan fingerprint density at radius 2 is 1.50 bits per heavy atom. The molecular weight excluding hydrogens is 547 g/mol. The van der Waals surface area contributed by atoms with Gasteiger partial charge in [0.15, 0.2) is 8.32 Å². The van der Waals surface area contributed by atoms with E-state index >= 15 is 0 Å². The van der Waals surface area contributed by atoms with E-state index < -0.39 is 66.2 Å². The molecule has 0 heterocycles. The molecule has 1 N–H and O–H groups in total. The molecule has 0 saturated heterocycles. The van der Waals surface area contributed by atoms with Gasteiger partial charge in [-0.2, -0.15) is 0 Å². The third-order valence-electron chi connectivity index (χ3n) is 6.99. The number of carboxylic acids is 1. The second-order valence-electron chi connectivity index (χ2n) is 9.91. The number of aliphatic carboxylic acids is 1. The number of ether oxygens (including phenoxy) is 2. The van der Waals surface area contributed by atoms with Crippen LogP contribution in [0, 0.1) is 35.5 Å². The van der Waals surface area contributed by atoms with Gasteiger partial charge in [0.05, 0.1) is 17.9 Å². The molecule has 5 atom stereocenters. The zero-order valence-electron chi connectivity index (χ0n) is 22.5. The first-order valence-electron chi connectivity index (χ1n) is 12.2. The Morgan fingerprint density at radius 3 is 1.89 bits per heavy atom. The van der Waals surface area contributed by atoms with Crippen LogP contribution in [0.15, 0.2) is 0 Å². The molecule has 0 spiro atoms. The summed E-state index contributed by atoms with van der Waals surface area (Å²) in [5.74, 6) is -1.04. The summed E-state index contributed by atoms with van der Waals surface area (Å²) in [6.45, 7) is 13.9. The highest BCUT2D eigenvalue weighted by atomic mass is 35.6. The quantitative estimate of drug-likeness (QED) is 0.0965. The Bertz CT molecular complexity index is 779. The van der Waals surface area contributed by atoms with Crippen molar-refractivity contribution < 1.29 is 33.4 Å². The van der Waals surface area contributed by atoms with Crippen molar-refractivity contribution in [3.8, 4) is 12.3 Å². The molecule has 0 radical (unpaired) electrons. The van der Waals surface area contributed by atoms with Crippen LogP contribution in [0.4, 0.5) is 4.79 Å². The number of hydrogen-bond acceptors (Lipinski definition) is 6. The normalized spacial score (nSPS) is 16.7. The van der Waals surface area contributed by atoms with Crippen LogP contribution in [0.2, 0.25) is 18.1 Å². The molecule has 0 amide bonds. The molecule has 0 fully saturated rings. The summed E-state index contributed by atoms with van der Waals surface area (Å²) in [6, 6.07) is 2.38. The second kappa shape index (κ2) is 14.8. The third-order valence-corrected chi connectivity index (χ3v) is 11.9. The number of terminal acetylenes is 1. The van der Waals surface area contributed by atoms with E-state index in [2.05, 4.69) is 5.92 Å². The molecule has 11 heteroatoms. The fourth-order valence-electron chi connectivity index (χ4n) is 4.45. The second-order valence-corrected chi connectivity index (χ2v) is 17.1. The van der Waals surface area contributed by atoms with Crippen molar-refractivity contribution in [1.29, 1.82) is 0 Å². The highest BCUT2D eigenvalue weighted by Gasteiger charge is 2.49. The van der Waals surface area contributed by atoms with E-state index in [0.29, 0.717) is 0 Å². The Kier molecular flexibility index (Phi) is 14.4. The third kappa shape index (κ3) is 10.1. The predicted octanol–water partition coefficient (Wildman–Crippen LogP) is 6.88. The maximum Gasteiger partial charge on any atom is 0.508 e. The fraction of sp³-hybridized carbons (Fsp3) is 0.800. The van der Waals surface area contributed by atoms with E-state index in [1.54, 1.807) is 34.6 Å². The first-order chi connectivity index (χ1) is 16.4. The van der Waals surface area contributed by atoms with Crippen molar-refractivity contribution in [2.75, 3.05) is 6.61 Å². The van der Waals surface area contributed by atoms with Crippen LogP contribution >= 0.6 is 34.8 Å². The molecule has 0 aliphatic rings. The van der Waals surface area contributed by atoms with Gasteiger partial charge in [-0.3, -0.25) is 9.59 Å². The number of rotatable bonds is 15. The highest BCUT2D eigenvalue weighted by molar-refractivity contribution is 6.73. The lowest BCUT2D eigenvalue weighted by Crippen LogP contribution is -2.54. The van der Waals surface area contributed by atoms with E-state index in [4.69, 9.17) is 55.1 Å². The molecule has 36 heavy (non-hydrogen) atoms. The van der Waals surface area contributed by atoms with E-state index in [0.717, 1.165) is 18.1 Å². The van der Waals surface area contributed by atoms with E-state index in [9.17, 15) is 19.5 Å². The number of carboxylic acid groups (broad SMARTS) is 1. The molecule has 0 rings (SSSR count). The number of hydrogen-bond donors (Lipinski definition) is 1. The minimum atomic E-state index is -2.28. The summed E-state index contributed by atoms with van der Waals surface area (Å²) in [6.07, 6.45) is 2.76. The van der Waals surface area contributed by atoms with Crippen LogP contribution in [0.3, 0.4) is 0 Å². The SMILES string of the molecule is C#CC[C@H](C)[C@H](OC(=O)OCC(Cl)(Cl)Cl)[C@@H](C)C(=O)C(C)(C)[C@@H](O[Si](CC)(CC)CC)[C@H](C)C(=O)O. The number of Topliss-reactive ketones (excluding diaryl/α,β-unsaturated/α-hetero) is 1. The predicted molar refractivity (Wildman–Crippen MR) is 146 cm³/mol. The standard InChI is InChI=1S/C25H41Cl3O7Si/c1-10-14-16(5)19(34-23(32)33-15-25(26,27)28)17(6)20(29)24(8,9)21(18(7)22(30)31)35-36(11-2,12-3)13-4/h1,16-19,21H,11-15H2,2-9H3,(H,30,31)/t16-,17+,18-,19-,21-/m0/s1. The van der Waals surface area contributed by atoms with Crippen molar-refractivity contribution >= 4 is 61.0 Å². The maximum atomic E-state index is 13.9. The van der Waals surface area contributed by atoms with Crippen LogP contribution in [-0.2, 0) is 23.5 Å². The van der Waals surface area contributed by atoms with Crippen LogP contribution in [-0.4, -0.2) is 53.9 Å². The molecule has 0 aliphatic carbocycles. The molecular formula is C25H41Cl3O7Si. The van der Waals surface area contributed by atoms with E-state index in [1.165, 1.54) is 0 Å². The summed E-state index contributed by atoms with van der Waals surface area (Å²) < 4.78 is 15.2. The maximum absolute atomic E-state index is 13.9. The van der Waals surface area contributed by atoms with Gasteiger partial charge < -0.3 is 19.0 Å². The van der Waals surface area contributed by atoms with Gasteiger partial charge in [0.2, 0.25) is 3.79 Å². The van der Waals surface area contributed by atoms with Gasteiger partial charge in [-0.25, -0.2) is 4.79 Å². The van der Waals surface area contributed by atoms with Gasteiger partial charge >= 0.3 is 12.1 Å². The zero-order chi connectivity index (χ0) is 28.5. The average Bonchev–Trinajstić information content (AvgIpc) is 2.80. The Balaban J connectivity index is 6.21. The minimum Gasteiger partial charge on any atom is -0.481 e. The summed E-state index contributed by atoms with van der Waals surface area (Å²) in [4.78, 5) is 38.3. The van der Waals surface area contributed by atoms with Gasteiger partial charge in [0.1, 0.15) is 18.5 Å². The number of carbonyl (C=O) groups excluding carboxylic acids is 2. The topological polar surface area (TPSA) is 99.1 Å². The summed E-state index contributed by atoms with van der Waals surface area (Å²) >= 11 is 16.9. The monoisotopic (exact) mass is 586 g/mol. The van der Waals surface area contributed by atoms with Gasteiger partial charge in [0, 0.05) is 17.8 Å². The van der Waals surface area contributed by atoms with E-state index in [1.807, 2.05) is 20.8 Å². The van der Waals surface area contributed by atoms with Gasteiger partial charge in [-0.15, -0.1) is 12.3 Å². The Hall–Kier alpha value is -0.983. The smallest absolute Gasteiger partial charge is 0.481 e. The molecule has 208 valence electrons. The largest absolute Gasteiger partial charge is 0.508 e. The molecule has 0 aromatic rings. The highest BCUT2D eigenvalue weighted by Crippen LogP contribution is 2.39. The number of alkyl halides is 3. The first-order valence-corrected chi connectivity index (χ1v) is 15.9. The molecule has 7 nitrogen and oxygen atoms in total. The van der Waals surface area contributed by atoms with Crippen molar-refractivity contribution in [3.63, 3.8) is 0 Å². The zero-order valence-corrected chi connectivity index (χ0v) is 25.8. The van der Waals surface area contributed by atoms with Crippen LogP contribution in [0.25, 0.3) is 0 Å². The first kappa shape index (κ1) is 35.0. The average molecular weight is 588 g/mol. The molecule has 0 aromatic carbocycles. The number of carbonyl (C=O) groups is 3. The lowest BCUT2D eigenvalue weighted by atomic mass is 9.71. The van der Waals surface area contributed by atoms with Crippen molar-refractivity contribution in [3.05, 3.63) is 0 Å². The summed E-state index contributed by atoms with van der Waals surface area (Å²) in [5, 5.41) is 9.85. The van der Waals surface area contributed by atoms with Crippen LogP contribution in [0.1, 0.15) is 61.8 Å². The summed E-state index contributed by atoms with van der Waals surface area (Å²) in [5.41, 5.74) is -1.21. The Labute approximate surface area is 232 Å². The Morgan fingerprint density at radius 1 is 1.00 bits per heavy atom. The lowest BCUT2D eigenvalue weighted by Gasteiger charge is -2.44. The number of ketones is 1. The van der Waals surface area contributed by atoms with Gasteiger partial charge in [-0.1, -0.05) is 83.3 Å². The molecule has 0 bridgehead atoms. The number of halogens is 3. The lowest BCUT2D eigenvalue weighted by molar-refractivity contribution is -0.153. The molecule has 0 aromatic heterocycles. The molecule has 0 unspecified atom stereocenters.